The number of phenols is 1. The number of hydrogen-bond donors (Lipinski definition) is 10. The summed E-state index contributed by atoms with van der Waals surface area (Å²) < 4.78 is 0. The minimum atomic E-state index is -1.60. The van der Waals surface area contributed by atoms with Crippen molar-refractivity contribution >= 4 is 47.3 Å². The maximum Gasteiger partial charge on any atom is 0.244 e. The minimum absolute atomic E-state index is 0.0413. The summed E-state index contributed by atoms with van der Waals surface area (Å²) in [6, 6.07) is 7.17. The number of benzene rings is 2. The second kappa shape index (κ2) is 18.5. The second-order valence-electron chi connectivity index (χ2n) is 11.6. The molecule has 3 rings (SSSR count). The van der Waals surface area contributed by atoms with Gasteiger partial charge in [0.15, 0.2) is 0 Å². The van der Waals surface area contributed by atoms with Gasteiger partial charge in [0.2, 0.25) is 47.3 Å². The summed E-state index contributed by atoms with van der Waals surface area (Å²) in [6.45, 7) is -1.13. The Hall–Kier alpha value is -6.04. The van der Waals surface area contributed by atoms with Crippen LogP contribution in [-0.4, -0.2) is 95.7 Å². The minimum Gasteiger partial charge on any atom is -0.508 e. The molecule has 1 fully saturated rings. The van der Waals surface area contributed by atoms with Crippen LogP contribution in [0, 0.1) is 0 Å². The standard InChI is InChI=1S/C32H41N9O9/c33-15-24-32(50)40-22(13-18-6-8-19(42)9-7-18)31(49)39-21(12-17-4-2-1-3-5-17)30(48)38-20(10-11-25(34)43)29(47)41-23(14-26(35)44)28(46)36-16-27(45)37-24/h1-9,20-24,42H,10-16,33H2,(H2,34,43)(H2,35,44)(H,36,46)(H,37,45)(H,38,48)(H,39,49)(H,40,50)(H,41,47)/t20-,21-,22-,23-,24-/m0/s1. The van der Waals surface area contributed by atoms with Crippen LogP contribution in [0.2, 0.25) is 0 Å². The van der Waals surface area contributed by atoms with Gasteiger partial charge in [-0.2, -0.15) is 0 Å². The molecule has 0 bridgehead atoms. The average molecular weight is 696 g/mol. The van der Waals surface area contributed by atoms with Crippen molar-refractivity contribution in [2.75, 3.05) is 13.1 Å². The fraction of sp³-hybridized carbons (Fsp3) is 0.375. The maximum atomic E-state index is 13.9. The van der Waals surface area contributed by atoms with Crippen LogP contribution in [0.1, 0.15) is 30.4 Å². The number of carbonyl (C=O) groups is 8. The molecule has 18 heteroatoms. The van der Waals surface area contributed by atoms with Crippen molar-refractivity contribution in [3.63, 3.8) is 0 Å². The summed E-state index contributed by atoms with van der Waals surface area (Å²) in [5.74, 6) is -7.24. The van der Waals surface area contributed by atoms with Crippen LogP contribution in [0.25, 0.3) is 0 Å². The van der Waals surface area contributed by atoms with Gasteiger partial charge in [0.1, 0.15) is 36.0 Å². The highest BCUT2D eigenvalue weighted by atomic mass is 16.3. The Kier molecular flexibility index (Phi) is 14.2. The molecule has 8 amide bonds. The van der Waals surface area contributed by atoms with Crippen molar-refractivity contribution in [2.45, 2.75) is 62.3 Å². The molecule has 0 aromatic heterocycles. The molecule has 13 N–H and O–H groups in total. The van der Waals surface area contributed by atoms with Gasteiger partial charge >= 0.3 is 0 Å². The van der Waals surface area contributed by atoms with E-state index in [1.807, 2.05) is 0 Å². The van der Waals surface area contributed by atoms with Crippen molar-refractivity contribution in [3.05, 3.63) is 65.7 Å². The fourth-order valence-corrected chi connectivity index (χ4v) is 4.96. The zero-order valence-corrected chi connectivity index (χ0v) is 27.0. The van der Waals surface area contributed by atoms with E-state index in [2.05, 4.69) is 31.9 Å². The normalized spacial score (nSPS) is 22.7. The Bertz CT molecular complexity index is 1570. The Morgan fingerprint density at radius 3 is 1.66 bits per heavy atom. The zero-order chi connectivity index (χ0) is 36.8. The lowest BCUT2D eigenvalue weighted by molar-refractivity contribution is -0.136. The maximum absolute atomic E-state index is 13.9. The van der Waals surface area contributed by atoms with Gasteiger partial charge in [-0.05, 0) is 29.7 Å². The molecule has 50 heavy (non-hydrogen) atoms. The third kappa shape index (κ3) is 12.2. The first kappa shape index (κ1) is 38.4. The highest BCUT2D eigenvalue weighted by Gasteiger charge is 2.33. The number of phenolic OH excluding ortho intramolecular Hbond substituents is 1. The summed E-state index contributed by atoms with van der Waals surface area (Å²) in [4.78, 5) is 104. The van der Waals surface area contributed by atoms with E-state index in [0.717, 1.165) is 0 Å². The van der Waals surface area contributed by atoms with Gasteiger partial charge in [-0.1, -0.05) is 42.5 Å². The van der Waals surface area contributed by atoms with Gasteiger partial charge in [-0.3, -0.25) is 38.4 Å². The van der Waals surface area contributed by atoms with Gasteiger partial charge in [0, 0.05) is 25.8 Å². The lowest BCUT2D eigenvalue weighted by atomic mass is 10.0. The summed E-state index contributed by atoms with van der Waals surface area (Å²) in [7, 11) is 0. The van der Waals surface area contributed by atoms with Gasteiger partial charge in [-0.25, -0.2) is 0 Å². The Morgan fingerprint density at radius 2 is 1.12 bits per heavy atom. The molecule has 1 aliphatic heterocycles. The molecule has 268 valence electrons. The number of aromatic hydroxyl groups is 1. The van der Waals surface area contributed by atoms with E-state index < -0.39 is 97.0 Å². The van der Waals surface area contributed by atoms with Crippen LogP contribution in [-0.2, 0) is 51.2 Å². The SMILES string of the molecule is NC[C@@H]1NC(=O)CNC(=O)[C@H](CC(N)=O)NC(=O)[C@H](CCC(N)=O)NC(=O)[C@H](Cc2ccccc2)NC(=O)[C@H](Cc2ccc(O)cc2)NC1=O. The molecular weight excluding hydrogens is 654 g/mol. The van der Waals surface area contributed by atoms with Crippen LogP contribution >= 0.6 is 0 Å². The highest BCUT2D eigenvalue weighted by molar-refractivity contribution is 5.98. The lowest BCUT2D eigenvalue weighted by Gasteiger charge is -2.27. The van der Waals surface area contributed by atoms with Crippen molar-refractivity contribution in [2.24, 2.45) is 17.2 Å². The largest absolute Gasteiger partial charge is 0.508 e. The monoisotopic (exact) mass is 695 g/mol. The van der Waals surface area contributed by atoms with Gasteiger partial charge in [0.05, 0.1) is 13.0 Å². The van der Waals surface area contributed by atoms with Gasteiger partial charge < -0.3 is 54.2 Å². The van der Waals surface area contributed by atoms with E-state index >= 15 is 0 Å². The number of amides is 8. The average Bonchev–Trinajstić information content (AvgIpc) is 3.07. The highest BCUT2D eigenvalue weighted by Crippen LogP contribution is 2.13. The Labute approximate surface area is 286 Å². The fourth-order valence-electron chi connectivity index (χ4n) is 4.96. The molecule has 0 radical (unpaired) electrons. The second-order valence-corrected chi connectivity index (χ2v) is 11.6. The van der Waals surface area contributed by atoms with Crippen LogP contribution in [0.4, 0.5) is 0 Å². The predicted octanol–water partition coefficient (Wildman–Crippen LogP) is -4.17. The number of carbonyl (C=O) groups excluding carboxylic acids is 8. The molecule has 0 saturated carbocycles. The molecule has 0 spiro atoms. The van der Waals surface area contributed by atoms with E-state index in [1.54, 1.807) is 30.3 Å². The number of rotatable bonds is 10. The Morgan fingerprint density at radius 1 is 0.620 bits per heavy atom. The van der Waals surface area contributed by atoms with Crippen LogP contribution in [0.5, 0.6) is 5.75 Å². The van der Waals surface area contributed by atoms with Gasteiger partial charge in [-0.15, -0.1) is 0 Å². The number of primary amides is 2. The summed E-state index contributed by atoms with van der Waals surface area (Å²) >= 11 is 0. The quantitative estimate of drug-likeness (QED) is 0.114. The molecule has 18 nitrogen and oxygen atoms in total. The number of nitrogens with one attached hydrogen (secondary N) is 6. The first-order valence-corrected chi connectivity index (χ1v) is 15.6. The van der Waals surface area contributed by atoms with Crippen LogP contribution in [0.3, 0.4) is 0 Å². The third-order valence-corrected chi connectivity index (χ3v) is 7.59. The van der Waals surface area contributed by atoms with Crippen molar-refractivity contribution in [1.82, 2.24) is 31.9 Å². The van der Waals surface area contributed by atoms with Crippen molar-refractivity contribution < 1.29 is 43.5 Å². The van der Waals surface area contributed by atoms with E-state index in [4.69, 9.17) is 17.2 Å². The number of nitrogens with two attached hydrogens (primary N) is 3. The van der Waals surface area contributed by atoms with E-state index in [-0.39, 0.29) is 31.4 Å². The van der Waals surface area contributed by atoms with Crippen molar-refractivity contribution in [1.29, 1.82) is 0 Å². The molecule has 1 aliphatic rings. The first-order chi connectivity index (χ1) is 23.7. The third-order valence-electron chi connectivity index (χ3n) is 7.59. The van der Waals surface area contributed by atoms with Crippen LogP contribution in [0.15, 0.2) is 54.6 Å². The van der Waals surface area contributed by atoms with E-state index in [1.165, 1.54) is 24.3 Å². The van der Waals surface area contributed by atoms with Crippen molar-refractivity contribution in [3.8, 4) is 5.75 Å². The molecule has 2 aromatic carbocycles. The van der Waals surface area contributed by atoms with Gasteiger partial charge in [0.25, 0.3) is 0 Å². The summed E-state index contributed by atoms with van der Waals surface area (Å²) in [6.07, 6.45) is -1.60. The summed E-state index contributed by atoms with van der Waals surface area (Å²) in [5, 5.41) is 24.3. The molecule has 2 aromatic rings. The Balaban J connectivity index is 2.06. The lowest BCUT2D eigenvalue weighted by Crippen LogP contribution is -2.61. The molecule has 1 saturated heterocycles. The van der Waals surface area contributed by atoms with E-state index in [9.17, 15) is 43.5 Å². The zero-order valence-electron chi connectivity index (χ0n) is 27.0. The topological polar surface area (TPSA) is 307 Å². The van der Waals surface area contributed by atoms with E-state index in [0.29, 0.717) is 11.1 Å². The summed E-state index contributed by atoms with van der Waals surface area (Å²) in [5.41, 5.74) is 17.4. The van der Waals surface area contributed by atoms with Crippen LogP contribution < -0.4 is 49.1 Å². The molecular formula is C32H41N9O9. The molecule has 5 atom stereocenters. The first-order valence-electron chi connectivity index (χ1n) is 15.6. The smallest absolute Gasteiger partial charge is 0.244 e. The predicted molar refractivity (Wildman–Crippen MR) is 176 cm³/mol. The molecule has 1 heterocycles. The number of hydrogen-bond acceptors (Lipinski definition) is 10. The molecule has 0 unspecified atom stereocenters. The molecule has 0 aliphatic carbocycles.